The van der Waals surface area contributed by atoms with Gasteiger partial charge in [-0.25, -0.2) is 0 Å². The summed E-state index contributed by atoms with van der Waals surface area (Å²) in [5.41, 5.74) is 5.12. The summed E-state index contributed by atoms with van der Waals surface area (Å²) in [6.45, 7) is 3.57. The lowest BCUT2D eigenvalue weighted by atomic mass is 9.68. The molecule has 4 aromatic rings. The standard InChI is InChI=1S/C38H38O7/c1-24-16-19-26(20-17-24)29(21-18-25(2)39)30-22-38(36(40)43-4,37(41)44-5)23-31-32(30)33(34(42-3)27-12-8-6-9-13-27)35(45-31)28-14-10-7-11-15-28/h6-17,19-20,34H,18,21-23H2,1-5H3/b30-29+. The number of Topliss-reactive ketones (excluding diaryl/α,β-unsaturated/α-hetero) is 1. The number of carbonyl (C=O) groups is 3. The number of furan rings is 1. The molecule has 7 heteroatoms. The summed E-state index contributed by atoms with van der Waals surface area (Å²) >= 11 is 0. The topological polar surface area (TPSA) is 92.0 Å². The molecule has 0 bridgehead atoms. The monoisotopic (exact) mass is 606 g/mol. The molecule has 5 rings (SSSR count). The molecule has 1 aliphatic carbocycles. The molecular formula is C38H38O7. The van der Waals surface area contributed by atoms with Crippen molar-refractivity contribution in [1.82, 2.24) is 0 Å². The molecule has 0 N–H and O–H groups in total. The minimum Gasteiger partial charge on any atom is -0.468 e. The molecule has 0 saturated heterocycles. The van der Waals surface area contributed by atoms with Crippen molar-refractivity contribution in [2.75, 3.05) is 21.3 Å². The number of hydrogen-bond donors (Lipinski definition) is 0. The molecule has 232 valence electrons. The van der Waals surface area contributed by atoms with Crippen LogP contribution in [0.2, 0.25) is 0 Å². The molecule has 1 atom stereocenters. The first-order chi connectivity index (χ1) is 21.7. The minimum absolute atomic E-state index is 0.00749. The largest absolute Gasteiger partial charge is 0.468 e. The summed E-state index contributed by atoms with van der Waals surface area (Å²) in [5.74, 6) is -0.365. The van der Waals surface area contributed by atoms with E-state index >= 15 is 0 Å². The molecule has 3 aromatic carbocycles. The molecule has 0 aliphatic heterocycles. The molecule has 0 amide bonds. The SMILES string of the molecule is COC(=O)C1(C(=O)OC)C/C(=C(/CCC(C)=O)c2ccc(C)cc2)c2c(oc(-c3ccccc3)c2C(OC)c2ccccc2)C1. The number of rotatable bonds is 10. The number of ether oxygens (including phenoxy) is 3. The molecule has 0 saturated carbocycles. The van der Waals surface area contributed by atoms with Gasteiger partial charge in [0, 0.05) is 43.1 Å². The fraction of sp³-hybridized carbons (Fsp3) is 0.289. The molecular weight excluding hydrogens is 568 g/mol. The zero-order valence-electron chi connectivity index (χ0n) is 26.3. The molecule has 1 aromatic heterocycles. The Morgan fingerprint density at radius 2 is 1.40 bits per heavy atom. The molecule has 1 unspecified atom stereocenters. The Kier molecular flexibility index (Phi) is 9.49. The lowest BCUT2D eigenvalue weighted by Gasteiger charge is -2.34. The van der Waals surface area contributed by atoms with Crippen molar-refractivity contribution in [1.29, 1.82) is 0 Å². The second kappa shape index (κ2) is 13.5. The number of benzene rings is 3. The smallest absolute Gasteiger partial charge is 0.324 e. The van der Waals surface area contributed by atoms with E-state index in [1.807, 2.05) is 91.9 Å². The van der Waals surface area contributed by atoms with Gasteiger partial charge in [0.05, 0.1) is 14.2 Å². The van der Waals surface area contributed by atoms with Crippen LogP contribution in [0.3, 0.4) is 0 Å². The summed E-state index contributed by atoms with van der Waals surface area (Å²) in [6.07, 6.45) is 0.0484. The molecule has 1 aliphatic rings. The number of fused-ring (bicyclic) bond motifs is 1. The van der Waals surface area contributed by atoms with Crippen molar-refractivity contribution in [3.63, 3.8) is 0 Å². The van der Waals surface area contributed by atoms with E-state index < -0.39 is 23.5 Å². The lowest BCUT2D eigenvalue weighted by molar-refractivity contribution is -0.169. The average Bonchev–Trinajstić information content (AvgIpc) is 3.44. The van der Waals surface area contributed by atoms with Gasteiger partial charge in [-0.3, -0.25) is 9.59 Å². The van der Waals surface area contributed by atoms with Gasteiger partial charge in [0.25, 0.3) is 0 Å². The summed E-state index contributed by atoms with van der Waals surface area (Å²) in [7, 11) is 4.19. The Morgan fingerprint density at radius 3 is 1.96 bits per heavy atom. The van der Waals surface area contributed by atoms with Crippen molar-refractivity contribution in [2.24, 2.45) is 5.41 Å². The number of methoxy groups -OCH3 is 3. The van der Waals surface area contributed by atoms with Crippen LogP contribution in [0.5, 0.6) is 0 Å². The van der Waals surface area contributed by atoms with E-state index in [0.29, 0.717) is 17.9 Å². The van der Waals surface area contributed by atoms with Crippen molar-refractivity contribution >= 4 is 28.9 Å². The molecule has 7 nitrogen and oxygen atoms in total. The van der Waals surface area contributed by atoms with E-state index in [4.69, 9.17) is 18.6 Å². The van der Waals surface area contributed by atoms with Crippen LogP contribution in [-0.2, 0) is 35.0 Å². The zero-order chi connectivity index (χ0) is 32.1. The van der Waals surface area contributed by atoms with Crippen LogP contribution >= 0.6 is 0 Å². The molecule has 0 radical (unpaired) electrons. The first-order valence-corrected chi connectivity index (χ1v) is 15.0. The second-order valence-electron chi connectivity index (χ2n) is 11.5. The molecule has 0 spiro atoms. The van der Waals surface area contributed by atoms with Gasteiger partial charge in [0.15, 0.2) is 5.41 Å². The first kappa shape index (κ1) is 31.7. The van der Waals surface area contributed by atoms with Crippen LogP contribution in [0.4, 0.5) is 0 Å². The quantitative estimate of drug-likeness (QED) is 0.136. The van der Waals surface area contributed by atoms with E-state index in [9.17, 15) is 14.4 Å². The Labute approximate surface area is 263 Å². The van der Waals surface area contributed by atoms with Gasteiger partial charge in [-0.1, -0.05) is 90.5 Å². The van der Waals surface area contributed by atoms with E-state index in [1.165, 1.54) is 14.2 Å². The van der Waals surface area contributed by atoms with Gasteiger partial charge in [0.1, 0.15) is 23.4 Å². The lowest BCUT2D eigenvalue weighted by Crippen LogP contribution is -2.45. The van der Waals surface area contributed by atoms with E-state index in [-0.39, 0.29) is 25.0 Å². The van der Waals surface area contributed by atoms with Crippen molar-refractivity contribution in [3.8, 4) is 11.3 Å². The fourth-order valence-electron chi connectivity index (χ4n) is 6.32. The van der Waals surface area contributed by atoms with Crippen LogP contribution in [0, 0.1) is 12.3 Å². The van der Waals surface area contributed by atoms with E-state index in [1.54, 1.807) is 14.0 Å². The molecule has 45 heavy (non-hydrogen) atoms. The highest BCUT2D eigenvalue weighted by Crippen LogP contribution is 2.53. The van der Waals surface area contributed by atoms with E-state index in [0.717, 1.165) is 44.5 Å². The maximum Gasteiger partial charge on any atom is 0.324 e. The predicted molar refractivity (Wildman–Crippen MR) is 172 cm³/mol. The van der Waals surface area contributed by atoms with Gasteiger partial charge in [-0.05, 0) is 42.5 Å². The summed E-state index contributed by atoms with van der Waals surface area (Å²) in [6, 6.07) is 27.6. The predicted octanol–water partition coefficient (Wildman–Crippen LogP) is 7.55. The number of ketones is 1. The van der Waals surface area contributed by atoms with Crippen LogP contribution in [0.25, 0.3) is 22.5 Å². The van der Waals surface area contributed by atoms with Crippen LogP contribution in [0.1, 0.15) is 65.9 Å². The fourth-order valence-corrected chi connectivity index (χ4v) is 6.32. The van der Waals surface area contributed by atoms with Crippen LogP contribution in [-0.4, -0.2) is 39.1 Å². The highest BCUT2D eigenvalue weighted by molar-refractivity contribution is 6.06. The third-order valence-corrected chi connectivity index (χ3v) is 8.54. The third kappa shape index (κ3) is 6.13. The highest BCUT2D eigenvalue weighted by atomic mass is 16.5. The Balaban J connectivity index is 1.93. The number of esters is 2. The van der Waals surface area contributed by atoms with Gasteiger partial charge in [0.2, 0.25) is 0 Å². The van der Waals surface area contributed by atoms with Crippen molar-refractivity contribution in [2.45, 2.75) is 45.6 Å². The normalized spacial score (nSPS) is 15.5. The number of hydrogen-bond acceptors (Lipinski definition) is 7. The van der Waals surface area contributed by atoms with Gasteiger partial charge < -0.3 is 23.4 Å². The van der Waals surface area contributed by atoms with Crippen molar-refractivity contribution < 1.29 is 33.0 Å². The number of allylic oxidation sites excluding steroid dienone is 2. The summed E-state index contributed by atoms with van der Waals surface area (Å²) in [5, 5.41) is 0. The number of aryl methyl sites for hydroxylation is 1. The zero-order valence-corrected chi connectivity index (χ0v) is 26.3. The molecule has 1 heterocycles. The van der Waals surface area contributed by atoms with Gasteiger partial charge in [-0.2, -0.15) is 0 Å². The summed E-state index contributed by atoms with van der Waals surface area (Å²) < 4.78 is 23.5. The van der Waals surface area contributed by atoms with Crippen LogP contribution < -0.4 is 0 Å². The maximum atomic E-state index is 13.6. The van der Waals surface area contributed by atoms with Crippen LogP contribution in [0.15, 0.2) is 89.3 Å². The Hall–Kier alpha value is -4.75. The van der Waals surface area contributed by atoms with Gasteiger partial charge >= 0.3 is 11.9 Å². The Bertz CT molecular complexity index is 1700. The highest BCUT2D eigenvalue weighted by Gasteiger charge is 2.54. The maximum absolute atomic E-state index is 13.6. The number of carbonyl (C=O) groups excluding carboxylic acids is 3. The second-order valence-corrected chi connectivity index (χ2v) is 11.5. The van der Waals surface area contributed by atoms with E-state index in [2.05, 4.69) is 0 Å². The summed E-state index contributed by atoms with van der Waals surface area (Å²) in [4.78, 5) is 39.6. The minimum atomic E-state index is -1.70. The van der Waals surface area contributed by atoms with Gasteiger partial charge in [-0.15, -0.1) is 0 Å². The average molecular weight is 607 g/mol. The van der Waals surface area contributed by atoms with Crippen molar-refractivity contribution in [3.05, 3.63) is 119 Å². The first-order valence-electron chi connectivity index (χ1n) is 15.0. The third-order valence-electron chi connectivity index (χ3n) is 8.54. The molecule has 0 fully saturated rings. The Morgan fingerprint density at radius 1 is 0.800 bits per heavy atom.